The number of carbonyl (C=O) groups excluding carboxylic acids is 2. The molecule has 2 aliphatic rings. The smallest absolute Gasteiger partial charge is 0.242 e. The maximum atomic E-state index is 12.4. The Balaban J connectivity index is 1.37. The second-order valence-corrected chi connectivity index (χ2v) is 7.48. The number of nitrogens with two attached hydrogens (primary N) is 1. The average Bonchev–Trinajstić information content (AvgIpc) is 2.67. The molecule has 1 aliphatic heterocycles. The number of hydrogen-bond acceptors (Lipinski definition) is 4. The summed E-state index contributed by atoms with van der Waals surface area (Å²) in [5.74, 6) is -0.0386. The fraction of sp³-hybridized carbons (Fsp3) is 0.600. The Morgan fingerprint density at radius 2 is 1.81 bits per heavy atom. The van der Waals surface area contributed by atoms with Gasteiger partial charge in [0, 0.05) is 44.7 Å². The summed E-state index contributed by atoms with van der Waals surface area (Å²) in [6.45, 7) is 4.19. The van der Waals surface area contributed by atoms with E-state index >= 15 is 0 Å². The topological polar surface area (TPSA) is 78.7 Å². The fourth-order valence-electron chi connectivity index (χ4n) is 3.88. The molecule has 142 valence electrons. The van der Waals surface area contributed by atoms with Gasteiger partial charge in [0.25, 0.3) is 0 Å². The van der Waals surface area contributed by atoms with Gasteiger partial charge in [0.15, 0.2) is 0 Å². The molecule has 1 saturated carbocycles. The highest BCUT2D eigenvalue weighted by Crippen LogP contribution is 2.23. The van der Waals surface area contributed by atoms with Gasteiger partial charge in [0.2, 0.25) is 11.8 Å². The van der Waals surface area contributed by atoms with E-state index in [1.807, 2.05) is 11.0 Å². The number of amides is 2. The van der Waals surface area contributed by atoms with Crippen LogP contribution in [0.2, 0.25) is 0 Å². The molecular weight excluding hydrogens is 328 g/mol. The van der Waals surface area contributed by atoms with Gasteiger partial charge in [-0.1, -0.05) is 36.8 Å². The summed E-state index contributed by atoms with van der Waals surface area (Å²) in [4.78, 5) is 28.8. The van der Waals surface area contributed by atoms with Crippen LogP contribution >= 0.6 is 0 Å². The van der Waals surface area contributed by atoms with Gasteiger partial charge >= 0.3 is 0 Å². The van der Waals surface area contributed by atoms with Crippen molar-refractivity contribution < 1.29 is 9.59 Å². The Hall–Kier alpha value is -1.92. The van der Waals surface area contributed by atoms with Crippen molar-refractivity contribution in [3.8, 4) is 0 Å². The van der Waals surface area contributed by atoms with E-state index in [0.717, 1.165) is 58.4 Å². The number of nitrogens with zero attached hydrogens (tertiary/aromatic N) is 2. The SMILES string of the molecule is NC1CCCC(C(=O)NCC(=O)N2CCN(Cc3ccccc3)CC2)C1. The monoisotopic (exact) mass is 358 g/mol. The third kappa shape index (κ3) is 5.29. The van der Waals surface area contributed by atoms with Crippen LogP contribution in [0.4, 0.5) is 0 Å². The van der Waals surface area contributed by atoms with E-state index in [9.17, 15) is 9.59 Å². The Morgan fingerprint density at radius 1 is 1.08 bits per heavy atom. The number of carbonyl (C=O) groups is 2. The zero-order valence-corrected chi connectivity index (χ0v) is 15.4. The van der Waals surface area contributed by atoms with Gasteiger partial charge in [-0.2, -0.15) is 0 Å². The summed E-state index contributed by atoms with van der Waals surface area (Å²) >= 11 is 0. The predicted molar refractivity (Wildman–Crippen MR) is 101 cm³/mol. The van der Waals surface area contributed by atoms with Gasteiger partial charge < -0.3 is 16.0 Å². The minimum atomic E-state index is -0.0331. The van der Waals surface area contributed by atoms with Crippen molar-refractivity contribution in [3.63, 3.8) is 0 Å². The molecule has 1 aromatic rings. The van der Waals surface area contributed by atoms with Crippen LogP contribution < -0.4 is 11.1 Å². The van der Waals surface area contributed by atoms with E-state index in [2.05, 4.69) is 34.5 Å². The molecule has 0 bridgehead atoms. The second-order valence-electron chi connectivity index (χ2n) is 7.48. The first-order chi connectivity index (χ1) is 12.6. The van der Waals surface area contributed by atoms with Crippen LogP contribution in [0.15, 0.2) is 30.3 Å². The summed E-state index contributed by atoms with van der Waals surface area (Å²) in [5.41, 5.74) is 7.24. The van der Waals surface area contributed by atoms with Crippen LogP contribution in [0.3, 0.4) is 0 Å². The van der Waals surface area contributed by atoms with Crippen LogP contribution in [0, 0.1) is 5.92 Å². The summed E-state index contributed by atoms with van der Waals surface area (Å²) in [6, 6.07) is 10.5. The Kier molecular flexibility index (Phi) is 6.63. The van der Waals surface area contributed by atoms with Crippen LogP contribution in [0.1, 0.15) is 31.2 Å². The average molecular weight is 358 g/mol. The van der Waals surface area contributed by atoms with Crippen molar-refractivity contribution in [1.29, 1.82) is 0 Å². The number of benzene rings is 1. The molecule has 1 aromatic carbocycles. The summed E-state index contributed by atoms with van der Waals surface area (Å²) in [7, 11) is 0. The van der Waals surface area contributed by atoms with Crippen molar-refractivity contribution in [1.82, 2.24) is 15.1 Å². The Bertz CT molecular complexity index is 599. The van der Waals surface area contributed by atoms with Crippen molar-refractivity contribution >= 4 is 11.8 Å². The normalized spacial score (nSPS) is 24.3. The molecule has 2 atom stereocenters. The second kappa shape index (κ2) is 9.14. The molecule has 0 aromatic heterocycles. The highest BCUT2D eigenvalue weighted by Gasteiger charge is 2.26. The minimum absolute atomic E-state index is 0.0119. The summed E-state index contributed by atoms with van der Waals surface area (Å²) < 4.78 is 0. The molecule has 3 rings (SSSR count). The molecule has 2 unspecified atom stereocenters. The first kappa shape index (κ1) is 18.9. The quantitative estimate of drug-likeness (QED) is 0.822. The maximum Gasteiger partial charge on any atom is 0.242 e. The van der Waals surface area contributed by atoms with Crippen molar-refractivity contribution in [2.24, 2.45) is 11.7 Å². The van der Waals surface area contributed by atoms with Gasteiger partial charge in [-0.3, -0.25) is 14.5 Å². The fourth-order valence-corrected chi connectivity index (χ4v) is 3.88. The van der Waals surface area contributed by atoms with E-state index in [-0.39, 0.29) is 30.3 Å². The minimum Gasteiger partial charge on any atom is -0.347 e. The molecule has 3 N–H and O–H groups in total. The third-order valence-electron chi connectivity index (χ3n) is 5.47. The van der Waals surface area contributed by atoms with Crippen molar-refractivity contribution in [3.05, 3.63) is 35.9 Å². The molecule has 26 heavy (non-hydrogen) atoms. The lowest BCUT2D eigenvalue weighted by Crippen LogP contribution is -2.51. The molecule has 2 fully saturated rings. The maximum absolute atomic E-state index is 12.4. The lowest BCUT2D eigenvalue weighted by Gasteiger charge is -2.35. The lowest BCUT2D eigenvalue weighted by atomic mass is 9.85. The van der Waals surface area contributed by atoms with Crippen molar-refractivity contribution in [2.75, 3.05) is 32.7 Å². The van der Waals surface area contributed by atoms with Gasteiger partial charge in [-0.25, -0.2) is 0 Å². The summed E-state index contributed by atoms with van der Waals surface area (Å²) in [6.07, 6.45) is 3.61. The summed E-state index contributed by atoms with van der Waals surface area (Å²) in [5, 5.41) is 2.82. The molecule has 2 amide bonds. The third-order valence-corrected chi connectivity index (χ3v) is 5.47. The Labute approximate surface area is 155 Å². The van der Waals surface area contributed by atoms with E-state index in [1.54, 1.807) is 0 Å². The Morgan fingerprint density at radius 3 is 2.50 bits per heavy atom. The van der Waals surface area contributed by atoms with E-state index in [0.29, 0.717) is 0 Å². The van der Waals surface area contributed by atoms with Gasteiger partial charge in [-0.15, -0.1) is 0 Å². The van der Waals surface area contributed by atoms with E-state index in [1.165, 1.54) is 5.56 Å². The van der Waals surface area contributed by atoms with Crippen LogP contribution in [0.5, 0.6) is 0 Å². The van der Waals surface area contributed by atoms with Crippen LogP contribution in [0.25, 0.3) is 0 Å². The highest BCUT2D eigenvalue weighted by molar-refractivity contribution is 5.86. The molecular formula is C20H30N4O2. The standard InChI is InChI=1S/C20H30N4O2/c21-18-8-4-7-17(13-18)20(26)22-14-19(25)24-11-9-23(10-12-24)15-16-5-2-1-3-6-16/h1-3,5-6,17-18H,4,7-15,21H2,(H,22,26). The van der Waals surface area contributed by atoms with Gasteiger partial charge in [0.05, 0.1) is 6.54 Å². The first-order valence-corrected chi connectivity index (χ1v) is 9.69. The molecule has 1 saturated heterocycles. The predicted octanol–water partition coefficient (Wildman–Crippen LogP) is 0.965. The molecule has 0 radical (unpaired) electrons. The van der Waals surface area contributed by atoms with Crippen molar-refractivity contribution in [2.45, 2.75) is 38.3 Å². The van der Waals surface area contributed by atoms with Crippen LogP contribution in [-0.2, 0) is 16.1 Å². The highest BCUT2D eigenvalue weighted by atomic mass is 16.2. The molecule has 6 nitrogen and oxygen atoms in total. The lowest BCUT2D eigenvalue weighted by molar-refractivity contribution is -0.135. The van der Waals surface area contributed by atoms with Gasteiger partial charge in [-0.05, 0) is 24.8 Å². The number of hydrogen-bond donors (Lipinski definition) is 2. The zero-order valence-electron chi connectivity index (χ0n) is 15.4. The molecule has 6 heteroatoms. The molecule has 1 heterocycles. The van der Waals surface area contributed by atoms with Crippen LogP contribution in [-0.4, -0.2) is 60.4 Å². The molecule has 1 aliphatic carbocycles. The zero-order chi connectivity index (χ0) is 18.4. The van der Waals surface area contributed by atoms with Gasteiger partial charge in [0.1, 0.15) is 0 Å². The molecule has 0 spiro atoms. The number of nitrogens with one attached hydrogen (secondary N) is 1. The number of piperazine rings is 1. The van der Waals surface area contributed by atoms with E-state index < -0.39 is 0 Å². The number of rotatable bonds is 5. The largest absolute Gasteiger partial charge is 0.347 e. The van der Waals surface area contributed by atoms with E-state index in [4.69, 9.17) is 5.73 Å². The first-order valence-electron chi connectivity index (χ1n) is 9.69.